The van der Waals surface area contributed by atoms with Crippen molar-refractivity contribution in [2.24, 2.45) is 0 Å². The number of amides is 1. The molecule has 1 saturated heterocycles. The van der Waals surface area contributed by atoms with E-state index in [4.69, 9.17) is 4.74 Å². The summed E-state index contributed by atoms with van der Waals surface area (Å²) in [6.07, 6.45) is 2.21. The maximum absolute atomic E-state index is 12.5. The second-order valence-electron chi connectivity index (χ2n) is 7.83. The summed E-state index contributed by atoms with van der Waals surface area (Å²) in [4.78, 5) is 17.4. The van der Waals surface area contributed by atoms with Gasteiger partial charge in [-0.1, -0.05) is 42.5 Å². The summed E-state index contributed by atoms with van der Waals surface area (Å²) in [6, 6.07) is 18.8. The normalized spacial score (nSPS) is 16.3. The zero-order chi connectivity index (χ0) is 20.5. The molecule has 1 amide bonds. The molecular weight excluding hydrogens is 362 g/mol. The number of methoxy groups -OCH3 is 1. The highest BCUT2D eigenvalue weighted by Crippen LogP contribution is 2.13. The highest BCUT2D eigenvalue weighted by molar-refractivity contribution is 5.76. The molecule has 3 rings (SSSR count). The third-order valence-electron chi connectivity index (χ3n) is 5.70. The van der Waals surface area contributed by atoms with Crippen LogP contribution < -0.4 is 10.1 Å². The molecule has 1 fully saturated rings. The molecule has 1 aliphatic rings. The van der Waals surface area contributed by atoms with Crippen molar-refractivity contribution in [3.05, 3.63) is 65.7 Å². The lowest BCUT2D eigenvalue weighted by molar-refractivity contribution is -0.121. The van der Waals surface area contributed by atoms with Crippen LogP contribution in [0.15, 0.2) is 54.6 Å². The van der Waals surface area contributed by atoms with Crippen LogP contribution in [0.5, 0.6) is 5.75 Å². The number of hydrogen-bond donors (Lipinski definition) is 1. The average Bonchev–Trinajstić information content (AvgIpc) is 2.77. The zero-order valence-electron chi connectivity index (χ0n) is 17.6. The molecule has 2 aromatic carbocycles. The van der Waals surface area contributed by atoms with E-state index >= 15 is 0 Å². The minimum absolute atomic E-state index is 0.119. The van der Waals surface area contributed by atoms with Crippen LogP contribution in [0, 0.1) is 0 Å². The van der Waals surface area contributed by atoms with E-state index in [0.717, 1.165) is 50.3 Å². The minimum atomic E-state index is 0.119. The highest BCUT2D eigenvalue weighted by atomic mass is 16.5. The molecule has 1 heterocycles. The number of piperazine rings is 1. The maximum atomic E-state index is 12.5. The summed E-state index contributed by atoms with van der Waals surface area (Å²) in [5, 5.41) is 3.19. The second kappa shape index (κ2) is 11.0. The molecule has 29 heavy (non-hydrogen) atoms. The van der Waals surface area contributed by atoms with Crippen molar-refractivity contribution in [2.75, 3.05) is 46.9 Å². The predicted molar refractivity (Wildman–Crippen MR) is 117 cm³/mol. The van der Waals surface area contributed by atoms with Gasteiger partial charge in [0.15, 0.2) is 0 Å². The van der Waals surface area contributed by atoms with Crippen LogP contribution in [0.4, 0.5) is 0 Å². The monoisotopic (exact) mass is 395 g/mol. The number of nitrogens with zero attached hydrogens (tertiary/aromatic N) is 2. The molecule has 0 aromatic heterocycles. The number of likely N-dealkylation sites (N-methyl/N-ethyl adjacent to an activating group) is 1. The van der Waals surface area contributed by atoms with E-state index in [1.54, 1.807) is 7.11 Å². The van der Waals surface area contributed by atoms with Gasteiger partial charge in [-0.05, 0) is 43.1 Å². The van der Waals surface area contributed by atoms with Crippen molar-refractivity contribution in [2.45, 2.75) is 25.3 Å². The molecule has 1 atom stereocenters. The Morgan fingerprint density at radius 3 is 2.34 bits per heavy atom. The van der Waals surface area contributed by atoms with Gasteiger partial charge in [0.25, 0.3) is 0 Å². The van der Waals surface area contributed by atoms with Crippen LogP contribution >= 0.6 is 0 Å². The van der Waals surface area contributed by atoms with E-state index in [1.807, 2.05) is 24.3 Å². The summed E-state index contributed by atoms with van der Waals surface area (Å²) in [5.41, 5.74) is 2.48. The Kier molecular flexibility index (Phi) is 8.08. The maximum Gasteiger partial charge on any atom is 0.220 e. The van der Waals surface area contributed by atoms with Gasteiger partial charge in [0, 0.05) is 45.2 Å². The lowest BCUT2D eigenvalue weighted by Crippen LogP contribution is -2.53. The van der Waals surface area contributed by atoms with E-state index in [9.17, 15) is 4.79 Å². The van der Waals surface area contributed by atoms with Crippen LogP contribution in [0.1, 0.15) is 17.5 Å². The van der Waals surface area contributed by atoms with Crippen LogP contribution in [0.3, 0.4) is 0 Å². The molecule has 1 N–H and O–H groups in total. The molecule has 1 unspecified atom stereocenters. The summed E-state index contributed by atoms with van der Waals surface area (Å²) in [6.45, 7) is 4.96. The lowest BCUT2D eigenvalue weighted by atomic mass is 10.0. The molecule has 0 bridgehead atoms. The quantitative estimate of drug-likeness (QED) is 0.709. The minimum Gasteiger partial charge on any atom is -0.497 e. The van der Waals surface area contributed by atoms with Crippen molar-refractivity contribution in [1.82, 2.24) is 15.1 Å². The molecule has 0 radical (unpaired) electrons. The summed E-state index contributed by atoms with van der Waals surface area (Å²) in [5.74, 6) is 0.960. The van der Waals surface area contributed by atoms with Crippen LogP contribution in [-0.2, 0) is 17.6 Å². The standard InChI is InChI=1S/C24H33N3O2/c1-26-14-16-27(17-15-26)22(18-21-6-4-3-5-7-21)19-25-24(28)13-10-20-8-11-23(29-2)12-9-20/h3-9,11-12,22H,10,13-19H2,1-2H3,(H,25,28). The number of hydrogen-bond acceptors (Lipinski definition) is 4. The molecule has 156 valence electrons. The topological polar surface area (TPSA) is 44.8 Å². The number of carbonyl (C=O) groups is 1. The van der Waals surface area contributed by atoms with Crippen LogP contribution in [0.25, 0.3) is 0 Å². The average molecular weight is 396 g/mol. The summed E-state index contributed by atoms with van der Waals surface area (Å²) in [7, 11) is 3.83. The van der Waals surface area contributed by atoms with E-state index in [1.165, 1.54) is 5.56 Å². The van der Waals surface area contributed by atoms with Gasteiger partial charge in [-0.3, -0.25) is 9.69 Å². The Labute approximate surface area is 174 Å². The Hall–Kier alpha value is -2.37. The van der Waals surface area contributed by atoms with Gasteiger partial charge in [-0.15, -0.1) is 0 Å². The van der Waals surface area contributed by atoms with Gasteiger partial charge in [-0.25, -0.2) is 0 Å². The van der Waals surface area contributed by atoms with Gasteiger partial charge in [0.05, 0.1) is 7.11 Å². The first-order valence-corrected chi connectivity index (χ1v) is 10.5. The van der Waals surface area contributed by atoms with Crippen LogP contribution in [-0.4, -0.2) is 68.6 Å². The highest BCUT2D eigenvalue weighted by Gasteiger charge is 2.23. The molecule has 2 aromatic rings. The Morgan fingerprint density at radius 1 is 1.00 bits per heavy atom. The fourth-order valence-corrected chi connectivity index (χ4v) is 3.77. The number of nitrogens with one attached hydrogen (secondary N) is 1. The van der Waals surface area contributed by atoms with E-state index < -0.39 is 0 Å². The molecule has 0 aliphatic carbocycles. The fourth-order valence-electron chi connectivity index (χ4n) is 3.77. The number of ether oxygens (including phenoxy) is 1. The van der Waals surface area contributed by atoms with E-state index in [-0.39, 0.29) is 5.91 Å². The van der Waals surface area contributed by atoms with Gasteiger partial charge in [0.2, 0.25) is 5.91 Å². The molecule has 5 heteroatoms. The number of rotatable bonds is 9. The fraction of sp³-hybridized carbons (Fsp3) is 0.458. The Morgan fingerprint density at radius 2 is 1.69 bits per heavy atom. The number of carbonyl (C=O) groups excluding carboxylic acids is 1. The van der Waals surface area contributed by atoms with Crippen molar-refractivity contribution in [3.8, 4) is 5.75 Å². The van der Waals surface area contributed by atoms with Crippen LogP contribution in [0.2, 0.25) is 0 Å². The van der Waals surface area contributed by atoms with Gasteiger partial charge >= 0.3 is 0 Å². The largest absolute Gasteiger partial charge is 0.497 e. The first kappa shape index (κ1) is 21.3. The van der Waals surface area contributed by atoms with Gasteiger partial charge in [0.1, 0.15) is 5.75 Å². The SMILES string of the molecule is COc1ccc(CCC(=O)NCC(Cc2ccccc2)N2CCN(C)CC2)cc1. The lowest BCUT2D eigenvalue weighted by Gasteiger charge is -2.38. The Balaban J connectivity index is 1.51. The Bertz CT molecular complexity index is 740. The smallest absolute Gasteiger partial charge is 0.220 e. The van der Waals surface area contributed by atoms with Crippen molar-refractivity contribution in [1.29, 1.82) is 0 Å². The van der Waals surface area contributed by atoms with E-state index in [2.05, 4.69) is 52.5 Å². The third kappa shape index (κ3) is 6.87. The summed E-state index contributed by atoms with van der Waals surface area (Å²) < 4.78 is 5.19. The van der Waals surface area contributed by atoms with Crippen molar-refractivity contribution in [3.63, 3.8) is 0 Å². The third-order valence-corrected chi connectivity index (χ3v) is 5.70. The molecular formula is C24H33N3O2. The predicted octanol–water partition coefficient (Wildman–Crippen LogP) is 2.60. The molecule has 0 spiro atoms. The summed E-state index contributed by atoms with van der Waals surface area (Å²) >= 11 is 0. The first-order chi connectivity index (χ1) is 14.1. The van der Waals surface area contributed by atoms with E-state index in [0.29, 0.717) is 19.0 Å². The van der Waals surface area contributed by atoms with Crippen molar-refractivity contribution >= 4 is 5.91 Å². The number of aryl methyl sites for hydroxylation is 1. The van der Waals surface area contributed by atoms with Gasteiger partial charge < -0.3 is 15.0 Å². The first-order valence-electron chi connectivity index (χ1n) is 10.5. The molecule has 5 nitrogen and oxygen atoms in total. The van der Waals surface area contributed by atoms with Crippen molar-refractivity contribution < 1.29 is 9.53 Å². The number of benzene rings is 2. The molecule has 1 aliphatic heterocycles. The second-order valence-corrected chi connectivity index (χ2v) is 7.83. The molecule has 0 saturated carbocycles. The van der Waals surface area contributed by atoms with Gasteiger partial charge in [-0.2, -0.15) is 0 Å². The zero-order valence-corrected chi connectivity index (χ0v) is 17.6.